The highest BCUT2D eigenvalue weighted by molar-refractivity contribution is 5.74. The first-order valence-electron chi connectivity index (χ1n) is 5.00. The summed E-state index contributed by atoms with van der Waals surface area (Å²) in [5.74, 6) is 0.827. The molecule has 0 aliphatic carbocycles. The topological polar surface area (TPSA) is 63.9 Å². The molecule has 2 rings (SSSR count). The Hall–Kier alpha value is -1.39. The van der Waals surface area contributed by atoms with Crippen molar-refractivity contribution in [2.45, 2.75) is 12.5 Å². The summed E-state index contributed by atoms with van der Waals surface area (Å²) in [6, 6.07) is 7.82. The molecule has 1 atom stereocenters. The van der Waals surface area contributed by atoms with Gasteiger partial charge in [0.2, 0.25) is 0 Å². The van der Waals surface area contributed by atoms with E-state index in [1.807, 2.05) is 24.3 Å². The van der Waals surface area contributed by atoms with Gasteiger partial charge in [0.05, 0.1) is 17.1 Å². The van der Waals surface area contributed by atoms with Gasteiger partial charge in [-0.05, 0) is 18.6 Å². The predicted molar refractivity (Wildman–Crippen MR) is 59.5 cm³/mol. The standard InChI is InChI=1S/C11H15N3O/c1-15-7-6-8(12)11-13-9-4-2-3-5-10(9)14-11/h2-5,8H,6-7,12H2,1H3,(H,13,14). The molecule has 0 aliphatic rings. The van der Waals surface area contributed by atoms with Crippen LogP contribution in [0.3, 0.4) is 0 Å². The lowest BCUT2D eigenvalue weighted by Gasteiger charge is -2.06. The van der Waals surface area contributed by atoms with Crippen molar-refractivity contribution in [3.05, 3.63) is 30.1 Å². The maximum absolute atomic E-state index is 5.97. The number of para-hydroxylation sites is 2. The van der Waals surface area contributed by atoms with Crippen LogP contribution in [0.2, 0.25) is 0 Å². The molecular weight excluding hydrogens is 190 g/mol. The Labute approximate surface area is 88.5 Å². The van der Waals surface area contributed by atoms with Gasteiger partial charge in [0.25, 0.3) is 0 Å². The van der Waals surface area contributed by atoms with Crippen molar-refractivity contribution in [3.63, 3.8) is 0 Å². The molecule has 0 fully saturated rings. The molecule has 0 saturated heterocycles. The molecule has 0 bridgehead atoms. The molecule has 0 amide bonds. The lowest BCUT2D eigenvalue weighted by atomic mass is 10.2. The quantitative estimate of drug-likeness (QED) is 0.796. The van der Waals surface area contributed by atoms with E-state index in [2.05, 4.69) is 9.97 Å². The van der Waals surface area contributed by atoms with Crippen molar-refractivity contribution in [3.8, 4) is 0 Å². The average Bonchev–Trinajstić information content (AvgIpc) is 2.69. The van der Waals surface area contributed by atoms with Crippen molar-refractivity contribution in [1.82, 2.24) is 9.97 Å². The van der Waals surface area contributed by atoms with Crippen molar-refractivity contribution in [1.29, 1.82) is 0 Å². The number of benzene rings is 1. The van der Waals surface area contributed by atoms with Crippen LogP contribution in [0.15, 0.2) is 24.3 Å². The molecule has 0 radical (unpaired) electrons. The minimum Gasteiger partial charge on any atom is -0.385 e. The Balaban J connectivity index is 2.20. The minimum atomic E-state index is -0.0858. The van der Waals surface area contributed by atoms with Gasteiger partial charge in [-0.15, -0.1) is 0 Å². The van der Waals surface area contributed by atoms with E-state index >= 15 is 0 Å². The molecule has 15 heavy (non-hydrogen) atoms. The number of aromatic nitrogens is 2. The van der Waals surface area contributed by atoms with Crippen LogP contribution in [-0.4, -0.2) is 23.7 Å². The second-order valence-corrected chi connectivity index (χ2v) is 3.53. The maximum atomic E-state index is 5.97. The number of imidazole rings is 1. The number of nitrogens with two attached hydrogens (primary N) is 1. The number of H-pyrrole nitrogens is 1. The van der Waals surface area contributed by atoms with Gasteiger partial charge in [0.1, 0.15) is 5.82 Å². The van der Waals surface area contributed by atoms with Gasteiger partial charge in [0.15, 0.2) is 0 Å². The first-order valence-corrected chi connectivity index (χ1v) is 5.00. The van der Waals surface area contributed by atoms with E-state index in [1.54, 1.807) is 7.11 Å². The van der Waals surface area contributed by atoms with Crippen molar-refractivity contribution < 1.29 is 4.74 Å². The first-order chi connectivity index (χ1) is 7.31. The third kappa shape index (κ3) is 2.16. The fraction of sp³-hybridized carbons (Fsp3) is 0.364. The van der Waals surface area contributed by atoms with Crippen molar-refractivity contribution in [2.24, 2.45) is 5.73 Å². The third-order valence-electron chi connectivity index (χ3n) is 2.39. The fourth-order valence-corrected chi connectivity index (χ4v) is 1.53. The number of nitrogens with one attached hydrogen (secondary N) is 1. The van der Waals surface area contributed by atoms with Gasteiger partial charge in [0, 0.05) is 13.7 Å². The normalized spacial score (nSPS) is 13.2. The van der Waals surface area contributed by atoms with E-state index in [0.29, 0.717) is 6.61 Å². The summed E-state index contributed by atoms with van der Waals surface area (Å²) >= 11 is 0. The molecule has 2 aromatic rings. The Kier molecular flexibility index (Phi) is 2.99. The van der Waals surface area contributed by atoms with Crippen LogP contribution in [0.4, 0.5) is 0 Å². The van der Waals surface area contributed by atoms with Crippen molar-refractivity contribution >= 4 is 11.0 Å². The smallest absolute Gasteiger partial charge is 0.124 e. The predicted octanol–water partition coefficient (Wildman–Crippen LogP) is 1.60. The van der Waals surface area contributed by atoms with Crippen LogP contribution in [0, 0.1) is 0 Å². The molecule has 1 aromatic heterocycles. The molecule has 1 heterocycles. The number of fused-ring (bicyclic) bond motifs is 1. The molecule has 1 aromatic carbocycles. The van der Waals surface area contributed by atoms with Gasteiger partial charge in [-0.2, -0.15) is 0 Å². The number of aromatic amines is 1. The number of ether oxygens (including phenoxy) is 1. The Morgan fingerprint density at radius 1 is 1.47 bits per heavy atom. The van der Waals surface area contributed by atoms with Crippen LogP contribution in [0.25, 0.3) is 11.0 Å². The molecule has 0 saturated carbocycles. The summed E-state index contributed by atoms with van der Waals surface area (Å²) in [6.45, 7) is 0.651. The first kappa shape index (κ1) is 10.1. The van der Waals surface area contributed by atoms with Gasteiger partial charge in [-0.1, -0.05) is 12.1 Å². The highest BCUT2D eigenvalue weighted by atomic mass is 16.5. The van der Waals surface area contributed by atoms with E-state index in [-0.39, 0.29) is 6.04 Å². The summed E-state index contributed by atoms with van der Waals surface area (Å²) in [6.07, 6.45) is 0.774. The number of methoxy groups -OCH3 is 1. The summed E-state index contributed by atoms with van der Waals surface area (Å²) in [5, 5.41) is 0. The van der Waals surface area contributed by atoms with Crippen LogP contribution in [0.1, 0.15) is 18.3 Å². The molecule has 4 heteroatoms. The molecule has 0 aliphatic heterocycles. The van der Waals surface area contributed by atoms with Crippen LogP contribution in [0.5, 0.6) is 0 Å². The number of hydrogen-bond acceptors (Lipinski definition) is 3. The molecular formula is C11H15N3O. The molecule has 0 spiro atoms. The average molecular weight is 205 g/mol. The zero-order valence-corrected chi connectivity index (χ0v) is 8.73. The summed E-state index contributed by atoms with van der Waals surface area (Å²) < 4.78 is 4.99. The Bertz CT molecular complexity index is 405. The number of nitrogens with zero attached hydrogens (tertiary/aromatic N) is 1. The number of hydrogen-bond donors (Lipinski definition) is 2. The number of rotatable bonds is 4. The SMILES string of the molecule is COCCC(N)c1nc2ccccc2[nH]1. The lowest BCUT2D eigenvalue weighted by molar-refractivity contribution is 0.187. The summed E-state index contributed by atoms with van der Waals surface area (Å²) in [7, 11) is 1.67. The van der Waals surface area contributed by atoms with Crippen molar-refractivity contribution in [2.75, 3.05) is 13.7 Å². The largest absolute Gasteiger partial charge is 0.385 e. The van der Waals surface area contributed by atoms with E-state index < -0.39 is 0 Å². The van der Waals surface area contributed by atoms with E-state index in [0.717, 1.165) is 23.3 Å². The zero-order chi connectivity index (χ0) is 10.7. The van der Waals surface area contributed by atoms with Crippen LogP contribution < -0.4 is 5.73 Å². The van der Waals surface area contributed by atoms with Gasteiger partial charge < -0.3 is 15.5 Å². The Morgan fingerprint density at radius 2 is 2.27 bits per heavy atom. The monoisotopic (exact) mass is 205 g/mol. The molecule has 3 N–H and O–H groups in total. The molecule has 80 valence electrons. The van der Waals surface area contributed by atoms with Gasteiger partial charge in [-0.3, -0.25) is 0 Å². The highest BCUT2D eigenvalue weighted by Crippen LogP contribution is 2.16. The Morgan fingerprint density at radius 3 is 3.00 bits per heavy atom. The maximum Gasteiger partial charge on any atom is 0.124 e. The van der Waals surface area contributed by atoms with Gasteiger partial charge >= 0.3 is 0 Å². The van der Waals surface area contributed by atoms with Gasteiger partial charge in [-0.25, -0.2) is 4.98 Å². The lowest BCUT2D eigenvalue weighted by Crippen LogP contribution is -2.14. The zero-order valence-electron chi connectivity index (χ0n) is 8.73. The minimum absolute atomic E-state index is 0.0858. The second-order valence-electron chi connectivity index (χ2n) is 3.53. The molecule has 4 nitrogen and oxygen atoms in total. The van der Waals surface area contributed by atoms with Crippen LogP contribution in [-0.2, 0) is 4.74 Å². The van der Waals surface area contributed by atoms with E-state index in [1.165, 1.54) is 0 Å². The van der Waals surface area contributed by atoms with E-state index in [9.17, 15) is 0 Å². The molecule has 1 unspecified atom stereocenters. The van der Waals surface area contributed by atoms with Crippen LogP contribution >= 0.6 is 0 Å². The summed E-state index contributed by atoms with van der Waals surface area (Å²) in [4.78, 5) is 7.64. The third-order valence-corrected chi connectivity index (χ3v) is 2.39. The second kappa shape index (κ2) is 4.42. The summed E-state index contributed by atoms with van der Waals surface area (Å²) in [5.41, 5.74) is 7.96. The highest BCUT2D eigenvalue weighted by Gasteiger charge is 2.10. The van der Waals surface area contributed by atoms with E-state index in [4.69, 9.17) is 10.5 Å². The fourth-order valence-electron chi connectivity index (χ4n) is 1.53.